The first-order valence-electron chi connectivity index (χ1n) is 8.07. The molecule has 112 valence electrons. The molecule has 0 unspecified atom stereocenters. The van der Waals surface area contributed by atoms with Crippen LogP contribution in [0.5, 0.6) is 0 Å². The van der Waals surface area contributed by atoms with Gasteiger partial charge in [0.1, 0.15) is 10.0 Å². The van der Waals surface area contributed by atoms with Crippen LogP contribution < -0.4 is 0 Å². The number of hydrogen-bond acceptors (Lipinski definition) is 4. The molecule has 1 heterocycles. The van der Waals surface area contributed by atoms with Gasteiger partial charge in [-0.2, -0.15) is 0 Å². The highest BCUT2D eigenvalue weighted by Crippen LogP contribution is 2.32. The molecule has 0 aromatic carbocycles. The van der Waals surface area contributed by atoms with E-state index in [1.807, 2.05) is 0 Å². The van der Waals surface area contributed by atoms with Gasteiger partial charge >= 0.3 is 0 Å². The molecule has 1 aromatic rings. The normalized spacial score (nSPS) is 22.5. The number of aromatic nitrogens is 2. The second kappa shape index (κ2) is 7.19. The van der Waals surface area contributed by atoms with Crippen LogP contribution in [-0.4, -0.2) is 26.6 Å². The fraction of sp³-hybridized carbons (Fsp3) is 0.867. The molecular formula is C15H24ClN3S. The van der Waals surface area contributed by atoms with Gasteiger partial charge in [-0.1, -0.05) is 54.6 Å². The lowest BCUT2D eigenvalue weighted by Crippen LogP contribution is -2.44. The van der Waals surface area contributed by atoms with Crippen molar-refractivity contribution in [3.63, 3.8) is 0 Å². The van der Waals surface area contributed by atoms with Crippen LogP contribution >= 0.6 is 23.1 Å². The quantitative estimate of drug-likeness (QED) is 0.809. The van der Waals surface area contributed by atoms with Crippen molar-refractivity contribution in [2.45, 2.75) is 82.8 Å². The Kier molecular flexibility index (Phi) is 5.30. The Bertz CT molecular complexity index is 393. The van der Waals surface area contributed by atoms with Crippen LogP contribution in [0.3, 0.4) is 0 Å². The van der Waals surface area contributed by atoms with Gasteiger partial charge < -0.3 is 0 Å². The summed E-state index contributed by atoms with van der Waals surface area (Å²) in [5.41, 5.74) is 0.993. The van der Waals surface area contributed by atoms with Crippen LogP contribution in [0, 0.1) is 0 Å². The number of rotatable bonds is 4. The van der Waals surface area contributed by atoms with Gasteiger partial charge in [-0.3, -0.25) is 4.90 Å². The molecule has 2 fully saturated rings. The van der Waals surface area contributed by atoms with Gasteiger partial charge in [-0.15, -0.1) is 5.10 Å². The highest BCUT2D eigenvalue weighted by molar-refractivity contribution is 7.10. The predicted octanol–water partition coefficient (Wildman–Crippen LogP) is 4.66. The van der Waals surface area contributed by atoms with E-state index in [9.17, 15) is 0 Å². The van der Waals surface area contributed by atoms with Crippen LogP contribution in [0.2, 0.25) is 4.34 Å². The first kappa shape index (κ1) is 14.7. The molecule has 0 radical (unpaired) electrons. The summed E-state index contributed by atoms with van der Waals surface area (Å²) in [6.45, 7) is 0.907. The fourth-order valence-corrected chi connectivity index (χ4v) is 4.46. The molecule has 3 nitrogen and oxygen atoms in total. The molecule has 0 atom stereocenters. The van der Waals surface area contributed by atoms with Crippen molar-refractivity contribution in [3.05, 3.63) is 10.0 Å². The molecule has 0 saturated heterocycles. The lowest BCUT2D eigenvalue weighted by atomic mass is 9.88. The van der Waals surface area contributed by atoms with Crippen molar-refractivity contribution in [1.29, 1.82) is 0 Å². The van der Waals surface area contributed by atoms with Crippen LogP contribution in [0.15, 0.2) is 0 Å². The summed E-state index contributed by atoms with van der Waals surface area (Å²) in [7, 11) is 0. The average Bonchev–Trinajstić information content (AvgIpc) is 2.92. The second-order valence-corrected chi connectivity index (χ2v) is 7.61. The van der Waals surface area contributed by atoms with E-state index in [-0.39, 0.29) is 0 Å². The minimum absolute atomic E-state index is 0.740. The summed E-state index contributed by atoms with van der Waals surface area (Å²) in [6, 6.07) is 1.48. The standard InChI is InChI=1S/C15H24ClN3S/c16-15-14(17-18-20-15)11-19(12-7-3-1-4-8-12)13-9-5-2-6-10-13/h12-13H,1-11H2. The average molecular weight is 314 g/mol. The van der Waals surface area contributed by atoms with E-state index in [0.717, 1.165) is 28.7 Å². The summed E-state index contributed by atoms with van der Waals surface area (Å²) in [6.07, 6.45) is 13.8. The maximum atomic E-state index is 6.23. The van der Waals surface area contributed by atoms with Crippen molar-refractivity contribution in [2.75, 3.05) is 0 Å². The minimum atomic E-state index is 0.740. The lowest BCUT2D eigenvalue weighted by molar-refractivity contribution is 0.0719. The smallest absolute Gasteiger partial charge is 0.138 e. The Morgan fingerprint density at radius 2 is 1.50 bits per heavy atom. The Morgan fingerprint density at radius 3 is 1.95 bits per heavy atom. The number of nitrogens with zero attached hydrogens (tertiary/aromatic N) is 3. The van der Waals surface area contributed by atoms with Crippen LogP contribution in [0.25, 0.3) is 0 Å². The van der Waals surface area contributed by atoms with Gasteiger partial charge in [-0.25, -0.2) is 0 Å². The van der Waals surface area contributed by atoms with Crippen molar-refractivity contribution in [3.8, 4) is 0 Å². The highest BCUT2D eigenvalue weighted by atomic mass is 35.5. The minimum Gasteiger partial charge on any atom is -0.291 e. The van der Waals surface area contributed by atoms with Crippen LogP contribution in [0.1, 0.15) is 69.9 Å². The van der Waals surface area contributed by atoms with Crippen molar-refractivity contribution >= 4 is 23.1 Å². The molecule has 2 aliphatic rings. The number of halogens is 1. The topological polar surface area (TPSA) is 29.0 Å². The molecule has 0 N–H and O–H groups in total. The zero-order chi connectivity index (χ0) is 13.8. The highest BCUT2D eigenvalue weighted by Gasteiger charge is 2.29. The van der Waals surface area contributed by atoms with Crippen LogP contribution in [-0.2, 0) is 6.54 Å². The summed E-state index contributed by atoms with van der Waals surface area (Å²) in [5, 5.41) is 4.24. The molecule has 0 aliphatic heterocycles. The van der Waals surface area contributed by atoms with Gasteiger partial charge in [0.05, 0.1) is 0 Å². The maximum Gasteiger partial charge on any atom is 0.138 e. The first-order valence-corrected chi connectivity index (χ1v) is 9.22. The third-order valence-corrected chi connectivity index (χ3v) is 5.91. The molecule has 5 heteroatoms. The van der Waals surface area contributed by atoms with E-state index in [1.165, 1.54) is 75.7 Å². The molecule has 2 aliphatic carbocycles. The van der Waals surface area contributed by atoms with E-state index in [1.54, 1.807) is 0 Å². The second-order valence-electron chi connectivity index (χ2n) is 6.25. The SMILES string of the molecule is Clc1snnc1CN(C1CCCCC1)C1CCCCC1. The van der Waals surface area contributed by atoms with Gasteiger partial charge in [0.2, 0.25) is 0 Å². The maximum absolute atomic E-state index is 6.23. The van der Waals surface area contributed by atoms with E-state index in [0.29, 0.717) is 0 Å². The molecule has 2 saturated carbocycles. The lowest BCUT2D eigenvalue weighted by Gasteiger charge is -2.41. The molecule has 0 spiro atoms. The molecule has 0 amide bonds. The largest absolute Gasteiger partial charge is 0.291 e. The summed E-state index contributed by atoms with van der Waals surface area (Å²) >= 11 is 7.55. The molecule has 3 rings (SSSR count). The van der Waals surface area contributed by atoms with Gasteiger partial charge in [0.15, 0.2) is 0 Å². The third-order valence-electron chi connectivity index (χ3n) is 4.93. The Balaban J connectivity index is 1.73. The van der Waals surface area contributed by atoms with Crippen molar-refractivity contribution < 1.29 is 0 Å². The fourth-order valence-electron chi connectivity index (χ4n) is 3.85. The van der Waals surface area contributed by atoms with Crippen molar-refractivity contribution in [2.24, 2.45) is 0 Å². The Morgan fingerprint density at radius 1 is 0.950 bits per heavy atom. The van der Waals surface area contributed by atoms with E-state index < -0.39 is 0 Å². The zero-order valence-corrected chi connectivity index (χ0v) is 13.6. The van der Waals surface area contributed by atoms with Crippen molar-refractivity contribution in [1.82, 2.24) is 14.5 Å². The Labute approximate surface area is 130 Å². The molecule has 20 heavy (non-hydrogen) atoms. The van der Waals surface area contributed by atoms with E-state index >= 15 is 0 Å². The van der Waals surface area contributed by atoms with Gasteiger partial charge in [0.25, 0.3) is 0 Å². The summed E-state index contributed by atoms with van der Waals surface area (Å²) in [5.74, 6) is 0. The summed E-state index contributed by atoms with van der Waals surface area (Å²) in [4.78, 5) is 2.72. The van der Waals surface area contributed by atoms with E-state index in [4.69, 9.17) is 11.6 Å². The van der Waals surface area contributed by atoms with Crippen LogP contribution in [0.4, 0.5) is 0 Å². The first-order chi connectivity index (χ1) is 9.84. The molecular weight excluding hydrogens is 290 g/mol. The zero-order valence-electron chi connectivity index (χ0n) is 12.1. The Hall–Kier alpha value is -0.190. The van der Waals surface area contributed by atoms with E-state index in [2.05, 4.69) is 14.5 Å². The van der Waals surface area contributed by atoms with Gasteiger partial charge in [0, 0.05) is 30.2 Å². The monoisotopic (exact) mass is 313 g/mol. The third kappa shape index (κ3) is 3.52. The number of hydrogen-bond donors (Lipinski definition) is 0. The van der Waals surface area contributed by atoms with Gasteiger partial charge in [-0.05, 0) is 25.7 Å². The molecule has 0 bridgehead atoms. The molecule has 1 aromatic heterocycles. The predicted molar refractivity (Wildman–Crippen MR) is 84.2 cm³/mol. The summed E-state index contributed by atoms with van der Waals surface area (Å²) < 4.78 is 4.78.